The molecule has 0 fully saturated rings. The molecule has 0 saturated heterocycles. The molecular formula is C21H26N2O5. The number of phenols is 1. The van der Waals surface area contributed by atoms with Crippen LogP contribution in [0.25, 0.3) is 0 Å². The summed E-state index contributed by atoms with van der Waals surface area (Å²) in [6, 6.07) is 11.8. The molecule has 2 aromatic rings. The molecule has 0 aliphatic rings. The largest absolute Gasteiger partial charge is 0.507 e. The summed E-state index contributed by atoms with van der Waals surface area (Å²) < 4.78 is 10.3. The van der Waals surface area contributed by atoms with Crippen LogP contribution in [-0.2, 0) is 11.2 Å². The van der Waals surface area contributed by atoms with E-state index < -0.39 is 17.6 Å². The Morgan fingerprint density at radius 2 is 1.75 bits per heavy atom. The molecule has 150 valence electrons. The molecule has 28 heavy (non-hydrogen) atoms. The molecule has 0 atom stereocenters. The molecular weight excluding hydrogens is 360 g/mol. The fourth-order valence-electron chi connectivity index (χ4n) is 2.42. The molecule has 0 saturated carbocycles. The Morgan fingerprint density at radius 3 is 2.36 bits per heavy atom. The van der Waals surface area contributed by atoms with Gasteiger partial charge in [-0.15, -0.1) is 0 Å². The topological polar surface area (TPSA) is 96.9 Å². The van der Waals surface area contributed by atoms with Gasteiger partial charge < -0.3 is 19.9 Å². The molecule has 7 nitrogen and oxygen atoms in total. The maximum Gasteiger partial charge on any atom is 0.412 e. The van der Waals surface area contributed by atoms with E-state index in [4.69, 9.17) is 9.47 Å². The van der Waals surface area contributed by atoms with E-state index in [1.165, 1.54) is 18.2 Å². The van der Waals surface area contributed by atoms with E-state index in [2.05, 4.69) is 10.6 Å². The fourth-order valence-corrected chi connectivity index (χ4v) is 2.42. The Balaban J connectivity index is 1.95. The lowest BCUT2D eigenvalue weighted by molar-refractivity contribution is 0.0635. The lowest BCUT2D eigenvalue weighted by Gasteiger charge is -2.19. The maximum atomic E-state index is 12.4. The molecule has 0 radical (unpaired) electrons. The Bertz CT molecular complexity index is 826. The van der Waals surface area contributed by atoms with Crippen molar-refractivity contribution >= 4 is 17.7 Å². The number of phenolic OH excluding ortho intramolecular Hbond substituents is 1. The average Bonchev–Trinajstić information content (AvgIpc) is 2.62. The van der Waals surface area contributed by atoms with Gasteiger partial charge in [0.1, 0.15) is 17.1 Å². The van der Waals surface area contributed by atoms with Crippen LogP contribution in [0.1, 0.15) is 36.7 Å². The summed E-state index contributed by atoms with van der Waals surface area (Å²) in [5.74, 6) is 0.169. The predicted octanol–water partition coefficient (Wildman–Crippen LogP) is 3.72. The first-order valence-corrected chi connectivity index (χ1v) is 8.92. The van der Waals surface area contributed by atoms with Gasteiger partial charge in [-0.05, 0) is 63.1 Å². The Hall–Kier alpha value is -3.22. The lowest BCUT2D eigenvalue weighted by atomic mass is 10.1. The first-order valence-electron chi connectivity index (χ1n) is 8.92. The highest BCUT2D eigenvalue weighted by atomic mass is 16.6. The van der Waals surface area contributed by atoms with Crippen LogP contribution in [0.4, 0.5) is 10.5 Å². The number of hydrogen-bond acceptors (Lipinski definition) is 5. The Kier molecular flexibility index (Phi) is 6.87. The second-order valence-corrected chi connectivity index (χ2v) is 7.21. The third kappa shape index (κ3) is 6.50. The van der Waals surface area contributed by atoms with Crippen molar-refractivity contribution in [1.82, 2.24) is 5.32 Å². The van der Waals surface area contributed by atoms with Crippen molar-refractivity contribution in [3.63, 3.8) is 0 Å². The second-order valence-electron chi connectivity index (χ2n) is 7.21. The van der Waals surface area contributed by atoms with Crippen LogP contribution in [0.15, 0.2) is 42.5 Å². The molecule has 2 amide bonds. The Labute approximate surface area is 164 Å². The van der Waals surface area contributed by atoms with Crippen molar-refractivity contribution < 1.29 is 24.2 Å². The van der Waals surface area contributed by atoms with Crippen LogP contribution in [0, 0.1) is 0 Å². The van der Waals surface area contributed by atoms with Gasteiger partial charge in [0.15, 0.2) is 0 Å². The molecule has 0 aliphatic heterocycles. The lowest BCUT2D eigenvalue weighted by Crippen LogP contribution is -2.28. The van der Waals surface area contributed by atoms with E-state index in [0.717, 1.165) is 11.3 Å². The maximum absolute atomic E-state index is 12.4. The molecule has 0 spiro atoms. The summed E-state index contributed by atoms with van der Waals surface area (Å²) in [6.45, 7) is 5.66. The van der Waals surface area contributed by atoms with Gasteiger partial charge in [0.05, 0.1) is 12.7 Å². The number of carbonyl (C=O) groups is 2. The second kappa shape index (κ2) is 9.12. The zero-order valence-corrected chi connectivity index (χ0v) is 16.5. The number of methoxy groups -OCH3 is 1. The van der Waals surface area contributed by atoms with Crippen LogP contribution in [0.5, 0.6) is 11.5 Å². The number of amides is 2. The predicted molar refractivity (Wildman–Crippen MR) is 107 cm³/mol. The van der Waals surface area contributed by atoms with E-state index in [0.29, 0.717) is 18.7 Å². The van der Waals surface area contributed by atoms with Crippen LogP contribution in [-0.4, -0.2) is 36.4 Å². The van der Waals surface area contributed by atoms with Crippen molar-refractivity contribution in [2.75, 3.05) is 19.0 Å². The van der Waals surface area contributed by atoms with E-state index in [1.54, 1.807) is 27.9 Å². The number of benzene rings is 2. The van der Waals surface area contributed by atoms with Crippen molar-refractivity contribution in [1.29, 1.82) is 0 Å². The van der Waals surface area contributed by atoms with Gasteiger partial charge in [-0.2, -0.15) is 0 Å². The minimum atomic E-state index is -0.636. The van der Waals surface area contributed by atoms with Crippen molar-refractivity contribution in [2.24, 2.45) is 0 Å². The van der Waals surface area contributed by atoms with Gasteiger partial charge in [0.25, 0.3) is 5.91 Å². The smallest absolute Gasteiger partial charge is 0.412 e. The van der Waals surface area contributed by atoms with Gasteiger partial charge in [-0.1, -0.05) is 12.1 Å². The molecule has 0 unspecified atom stereocenters. The molecule has 7 heteroatoms. The van der Waals surface area contributed by atoms with E-state index in [9.17, 15) is 14.7 Å². The molecule has 2 aromatic carbocycles. The third-order valence-corrected chi connectivity index (χ3v) is 3.74. The van der Waals surface area contributed by atoms with Gasteiger partial charge in [-0.25, -0.2) is 4.79 Å². The van der Waals surface area contributed by atoms with Crippen LogP contribution in [0.2, 0.25) is 0 Å². The van der Waals surface area contributed by atoms with Crippen LogP contribution >= 0.6 is 0 Å². The first kappa shape index (κ1) is 21.1. The molecule has 0 aliphatic carbocycles. The number of carbonyl (C=O) groups excluding carboxylic acids is 2. The minimum absolute atomic E-state index is 0.0725. The minimum Gasteiger partial charge on any atom is -0.507 e. The number of anilines is 1. The van der Waals surface area contributed by atoms with Crippen molar-refractivity contribution in [3.05, 3.63) is 53.6 Å². The van der Waals surface area contributed by atoms with Gasteiger partial charge >= 0.3 is 6.09 Å². The summed E-state index contributed by atoms with van der Waals surface area (Å²) in [7, 11) is 1.60. The normalized spacial score (nSPS) is 10.9. The molecule has 0 bridgehead atoms. The fraction of sp³-hybridized carbons (Fsp3) is 0.333. The summed E-state index contributed by atoms with van der Waals surface area (Å²) >= 11 is 0. The molecule has 3 N–H and O–H groups in total. The van der Waals surface area contributed by atoms with Crippen LogP contribution < -0.4 is 15.4 Å². The average molecular weight is 386 g/mol. The molecule has 0 aromatic heterocycles. The van der Waals surface area contributed by atoms with E-state index in [-0.39, 0.29) is 11.3 Å². The zero-order chi connectivity index (χ0) is 20.7. The number of aromatic hydroxyl groups is 1. The van der Waals surface area contributed by atoms with E-state index >= 15 is 0 Å². The quantitative estimate of drug-likeness (QED) is 0.658. The number of nitrogens with one attached hydrogen (secondary N) is 2. The number of hydrogen-bond donors (Lipinski definition) is 3. The van der Waals surface area contributed by atoms with Gasteiger partial charge in [-0.3, -0.25) is 10.1 Å². The highest BCUT2D eigenvalue weighted by Crippen LogP contribution is 2.22. The highest BCUT2D eigenvalue weighted by molar-refractivity contribution is 5.98. The standard InChI is InChI=1S/C21H26N2O5/c1-21(2,3)28-20(26)23-15-7-10-18(24)17(13-15)19(25)22-12-11-14-5-8-16(27-4)9-6-14/h5-10,13,24H,11-12H2,1-4H3,(H,22,25)(H,23,26). The summed E-state index contributed by atoms with van der Waals surface area (Å²) in [5, 5.41) is 15.3. The SMILES string of the molecule is COc1ccc(CCNC(=O)c2cc(NC(=O)OC(C)(C)C)ccc2O)cc1. The third-order valence-electron chi connectivity index (χ3n) is 3.74. The highest BCUT2D eigenvalue weighted by Gasteiger charge is 2.17. The summed E-state index contributed by atoms with van der Waals surface area (Å²) in [6.07, 6.45) is -0.00384. The van der Waals surface area contributed by atoms with Crippen molar-refractivity contribution in [3.8, 4) is 11.5 Å². The Morgan fingerprint density at radius 1 is 1.07 bits per heavy atom. The molecule has 2 rings (SSSR count). The number of rotatable bonds is 6. The van der Waals surface area contributed by atoms with Crippen LogP contribution in [0.3, 0.4) is 0 Å². The number of ether oxygens (including phenoxy) is 2. The van der Waals surface area contributed by atoms with Gasteiger partial charge in [0.2, 0.25) is 0 Å². The zero-order valence-electron chi connectivity index (χ0n) is 16.5. The first-order chi connectivity index (χ1) is 13.2. The molecule has 0 heterocycles. The summed E-state index contributed by atoms with van der Waals surface area (Å²) in [5.41, 5.74) is 0.837. The van der Waals surface area contributed by atoms with Crippen molar-refractivity contribution in [2.45, 2.75) is 32.8 Å². The van der Waals surface area contributed by atoms with E-state index in [1.807, 2.05) is 24.3 Å². The monoisotopic (exact) mass is 386 g/mol. The summed E-state index contributed by atoms with van der Waals surface area (Å²) in [4.78, 5) is 24.3. The van der Waals surface area contributed by atoms with Gasteiger partial charge in [0, 0.05) is 12.2 Å².